The van der Waals surface area contributed by atoms with Gasteiger partial charge in [0.05, 0.1) is 6.61 Å². The van der Waals surface area contributed by atoms with Gasteiger partial charge in [-0.1, -0.05) is 6.07 Å². The molecule has 0 spiro atoms. The molecule has 0 radical (unpaired) electrons. The number of epoxide rings is 1. The summed E-state index contributed by atoms with van der Waals surface area (Å²) >= 11 is 0. The lowest BCUT2D eigenvalue weighted by molar-refractivity contribution is -0.141. The Morgan fingerprint density at radius 3 is 2.46 bits per heavy atom. The van der Waals surface area contributed by atoms with Gasteiger partial charge in [0, 0.05) is 11.8 Å². The Kier molecular flexibility index (Phi) is 1.76. The molecule has 1 aromatic heterocycles. The molecule has 5 heteroatoms. The fourth-order valence-corrected chi connectivity index (χ4v) is 1.00. The van der Waals surface area contributed by atoms with Crippen molar-refractivity contribution < 1.29 is 17.9 Å². The summed E-state index contributed by atoms with van der Waals surface area (Å²) in [5, 5.41) is 0. The maximum absolute atomic E-state index is 12.0. The zero-order chi connectivity index (χ0) is 9.47. The van der Waals surface area contributed by atoms with Crippen LogP contribution in [0.5, 0.6) is 0 Å². The summed E-state index contributed by atoms with van der Waals surface area (Å²) in [6.45, 7) is 0.576. The zero-order valence-electron chi connectivity index (χ0n) is 6.51. The van der Waals surface area contributed by atoms with E-state index in [4.69, 9.17) is 4.74 Å². The quantitative estimate of drug-likeness (QED) is 0.632. The van der Waals surface area contributed by atoms with Crippen molar-refractivity contribution in [3.8, 4) is 0 Å². The minimum absolute atomic E-state index is 0.0465. The molecule has 1 aliphatic heterocycles. The Labute approximate surface area is 72.4 Å². The van der Waals surface area contributed by atoms with E-state index in [0.29, 0.717) is 12.2 Å². The predicted octanol–water partition coefficient (Wildman–Crippen LogP) is 2.17. The number of hydrogen-bond donors (Lipinski definition) is 0. The number of aromatic nitrogens is 1. The highest BCUT2D eigenvalue weighted by molar-refractivity contribution is 5.20. The monoisotopic (exact) mass is 189 g/mol. The third-order valence-electron chi connectivity index (χ3n) is 1.78. The van der Waals surface area contributed by atoms with Crippen molar-refractivity contribution in [3.05, 3.63) is 29.6 Å². The normalized spacial score (nSPS) is 21.6. The van der Waals surface area contributed by atoms with Crippen LogP contribution in [0.1, 0.15) is 17.4 Å². The Bertz CT molecular complexity index is 302. The van der Waals surface area contributed by atoms with Crippen LogP contribution in [-0.2, 0) is 10.9 Å². The minimum atomic E-state index is -4.36. The van der Waals surface area contributed by atoms with Gasteiger partial charge in [0.25, 0.3) is 0 Å². The molecule has 2 rings (SSSR count). The number of nitrogens with zero attached hydrogens (tertiary/aromatic N) is 1. The maximum atomic E-state index is 12.0. The van der Waals surface area contributed by atoms with Gasteiger partial charge in [-0.25, -0.2) is 0 Å². The number of alkyl halides is 3. The number of ether oxygens (including phenoxy) is 1. The molecule has 1 atom stereocenters. The highest BCUT2D eigenvalue weighted by Crippen LogP contribution is 2.32. The van der Waals surface area contributed by atoms with Crippen molar-refractivity contribution in [3.63, 3.8) is 0 Å². The summed E-state index contributed by atoms with van der Waals surface area (Å²) in [5.74, 6) is 0. The van der Waals surface area contributed by atoms with Crippen molar-refractivity contribution >= 4 is 0 Å². The van der Waals surface area contributed by atoms with E-state index in [2.05, 4.69) is 4.98 Å². The van der Waals surface area contributed by atoms with Gasteiger partial charge in [-0.2, -0.15) is 13.2 Å². The van der Waals surface area contributed by atoms with Crippen molar-refractivity contribution in [1.29, 1.82) is 0 Å². The lowest BCUT2D eigenvalue weighted by atomic mass is 10.2. The standard InChI is InChI=1S/C8H6F3NO/c9-8(10,11)7-2-1-5(3-12-7)6-4-13-6/h1-3,6H,4H2/t6-/m1/s1. The first-order valence-corrected chi connectivity index (χ1v) is 3.72. The van der Waals surface area contributed by atoms with Gasteiger partial charge in [0.15, 0.2) is 0 Å². The van der Waals surface area contributed by atoms with Crippen LogP contribution in [0.15, 0.2) is 18.3 Å². The molecule has 0 N–H and O–H groups in total. The molecule has 0 aromatic carbocycles. The smallest absolute Gasteiger partial charge is 0.368 e. The van der Waals surface area contributed by atoms with Crippen LogP contribution < -0.4 is 0 Å². The molecule has 2 heterocycles. The first kappa shape index (κ1) is 8.50. The fourth-order valence-electron chi connectivity index (χ4n) is 1.00. The van der Waals surface area contributed by atoms with Gasteiger partial charge in [-0.15, -0.1) is 0 Å². The Balaban J connectivity index is 2.22. The van der Waals surface area contributed by atoms with E-state index in [0.717, 1.165) is 6.07 Å². The minimum Gasteiger partial charge on any atom is -0.368 e. The summed E-state index contributed by atoms with van der Waals surface area (Å²) in [7, 11) is 0. The molecule has 13 heavy (non-hydrogen) atoms. The van der Waals surface area contributed by atoms with E-state index in [1.807, 2.05) is 0 Å². The SMILES string of the molecule is FC(F)(F)c1ccc([C@H]2CO2)cn1. The van der Waals surface area contributed by atoms with Crippen LogP contribution in [0.3, 0.4) is 0 Å². The first-order chi connectivity index (χ1) is 6.07. The Morgan fingerprint density at radius 2 is 2.08 bits per heavy atom. The molecular weight excluding hydrogens is 183 g/mol. The van der Waals surface area contributed by atoms with Gasteiger partial charge < -0.3 is 4.74 Å². The molecule has 1 fully saturated rings. The number of rotatable bonds is 1. The molecule has 0 saturated carbocycles. The molecule has 2 nitrogen and oxygen atoms in total. The van der Waals surface area contributed by atoms with Crippen LogP contribution in [0.4, 0.5) is 13.2 Å². The van der Waals surface area contributed by atoms with Crippen LogP contribution in [-0.4, -0.2) is 11.6 Å². The van der Waals surface area contributed by atoms with E-state index in [9.17, 15) is 13.2 Å². The van der Waals surface area contributed by atoms with E-state index in [1.165, 1.54) is 12.3 Å². The topological polar surface area (TPSA) is 25.4 Å². The summed E-state index contributed by atoms with van der Waals surface area (Å²) in [4.78, 5) is 3.31. The number of pyridine rings is 1. The predicted molar refractivity (Wildman–Crippen MR) is 37.9 cm³/mol. The average molecular weight is 189 g/mol. The highest BCUT2D eigenvalue weighted by Gasteiger charge is 2.33. The largest absolute Gasteiger partial charge is 0.433 e. The zero-order valence-corrected chi connectivity index (χ0v) is 6.51. The summed E-state index contributed by atoms with van der Waals surface area (Å²) in [6, 6.07) is 2.37. The Morgan fingerprint density at radius 1 is 1.38 bits per heavy atom. The summed E-state index contributed by atoms with van der Waals surface area (Å²) in [5.41, 5.74) is -0.162. The molecule has 1 aromatic rings. The lowest BCUT2D eigenvalue weighted by Crippen LogP contribution is -2.07. The van der Waals surface area contributed by atoms with Gasteiger partial charge in [0.2, 0.25) is 0 Å². The Hall–Kier alpha value is -1.10. The van der Waals surface area contributed by atoms with Gasteiger partial charge in [-0.3, -0.25) is 4.98 Å². The second-order valence-corrected chi connectivity index (χ2v) is 2.80. The number of halogens is 3. The first-order valence-electron chi connectivity index (χ1n) is 3.72. The third kappa shape index (κ3) is 1.80. The van der Waals surface area contributed by atoms with Gasteiger partial charge >= 0.3 is 6.18 Å². The van der Waals surface area contributed by atoms with Crippen LogP contribution in [0, 0.1) is 0 Å². The molecule has 70 valence electrons. The summed E-state index contributed by atoms with van der Waals surface area (Å²) < 4.78 is 41.0. The van der Waals surface area contributed by atoms with Crippen molar-refractivity contribution in [2.75, 3.05) is 6.61 Å². The van der Waals surface area contributed by atoms with E-state index in [-0.39, 0.29) is 6.10 Å². The third-order valence-corrected chi connectivity index (χ3v) is 1.78. The van der Waals surface area contributed by atoms with Crippen molar-refractivity contribution in [2.24, 2.45) is 0 Å². The molecule has 1 saturated heterocycles. The van der Waals surface area contributed by atoms with Crippen LogP contribution >= 0.6 is 0 Å². The lowest BCUT2D eigenvalue weighted by Gasteiger charge is -2.04. The van der Waals surface area contributed by atoms with Crippen molar-refractivity contribution in [1.82, 2.24) is 4.98 Å². The molecule has 0 bridgehead atoms. The van der Waals surface area contributed by atoms with E-state index < -0.39 is 11.9 Å². The second-order valence-electron chi connectivity index (χ2n) is 2.80. The average Bonchev–Trinajstić information content (AvgIpc) is 2.85. The molecule has 0 amide bonds. The highest BCUT2D eigenvalue weighted by atomic mass is 19.4. The fraction of sp³-hybridized carbons (Fsp3) is 0.375. The number of hydrogen-bond acceptors (Lipinski definition) is 2. The van der Waals surface area contributed by atoms with E-state index in [1.54, 1.807) is 0 Å². The maximum Gasteiger partial charge on any atom is 0.433 e. The van der Waals surface area contributed by atoms with Gasteiger partial charge in [-0.05, 0) is 6.07 Å². The molecule has 0 aliphatic carbocycles. The van der Waals surface area contributed by atoms with Crippen LogP contribution in [0.2, 0.25) is 0 Å². The molecular formula is C8H6F3NO. The van der Waals surface area contributed by atoms with E-state index >= 15 is 0 Å². The molecule has 0 unspecified atom stereocenters. The summed E-state index contributed by atoms with van der Waals surface area (Å²) in [6.07, 6.45) is -3.20. The second kappa shape index (κ2) is 2.70. The van der Waals surface area contributed by atoms with Gasteiger partial charge in [0.1, 0.15) is 11.8 Å². The van der Waals surface area contributed by atoms with Crippen LogP contribution in [0.25, 0.3) is 0 Å². The molecule has 1 aliphatic rings. The van der Waals surface area contributed by atoms with Crippen molar-refractivity contribution in [2.45, 2.75) is 12.3 Å².